The topological polar surface area (TPSA) is 38.1 Å². The zero-order chi connectivity index (χ0) is 13.5. The van der Waals surface area contributed by atoms with E-state index in [1.165, 1.54) is 0 Å². The number of amides is 1. The molecule has 0 N–H and O–H groups in total. The molecule has 1 heterocycles. The van der Waals surface area contributed by atoms with Crippen LogP contribution in [-0.2, 0) is 4.79 Å². The van der Waals surface area contributed by atoms with Gasteiger partial charge in [-0.05, 0) is 25.8 Å². The third-order valence-corrected chi connectivity index (χ3v) is 3.61. The Kier molecular flexibility index (Phi) is 5.89. The van der Waals surface area contributed by atoms with Crippen molar-refractivity contribution >= 4 is 5.91 Å². The Labute approximate surface area is 110 Å². The van der Waals surface area contributed by atoms with Gasteiger partial charge in [0.15, 0.2) is 0 Å². The van der Waals surface area contributed by atoms with Gasteiger partial charge in [0, 0.05) is 25.5 Å². The average molecular weight is 251 g/mol. The van der Waals surface area contributed by atoms with Crippen LogP contribution in [0.1, 0.15) is 46.6 Å². The molecule has 1 atom stereocenters. The van der Waals surface area contributed by atoms with Crippen molar-refractivity contribution < 1.29 is 4.79 Å². The van der Waals surface area contributed by atoms with E-state index >= 15 is 0 Å². The highest BCUT2D eigenvalue weighted by atomic mass is 16.2. The van der Waals surface area contributed by atoms with Crippen molar-refractivity contribution in [2.75, 3.05) is 13.1 Å². The standard InChI is InChI=1S/C14H25N3O/c1-5-13(6-2)11-16(7-3)14(18)12(4)17-10-8-9-15-17/h8-10,12-13H,5-7,11H2,1-4H3. The van der Waals surface area contributed by atoms with Crippen LogP contribution in [-0.4, -0.2) is 33.7 Å². The summed E-state index contributed by atoms with van der Waals surface area (Å²) in [5.74, 6) is 0.756. The number of aromatic nitrogens is 2. The Bertz CT molecular complexity index is 344. The van der Waals surface area contributed by atoms with Crippen LogP contribution in [0.2, 0.25) is 0 Å². The lowest BCUT2D eigenvalue weighted by atomic mass is 10.0. The van der Waals surface area contributed by atoms with Gasteiger partial charge in [0.2, 0.25) is 5.91 Å². The van der Waals surface area contributed by atoms with Gasteiger partial charge in [-0.15, -0.1) is 0 Å². The number of carbonyl (C=O) groups excluding carboxylic acids is 1. The van der Waals surface area contributed by atoms with E-state index in [1.54, 1.807) is 10.9 Å². The molecule has 0 bridgehead atoms. The fraction of sp³-hybridized carbons (Fsp3) is 0.714. The molecule has 0 aliphatic heterocycles. The highest BCUT2D eigenvalue weighted by Gasteiger charge is 2.22. The second-order valence-electron chi connectivity index (χ2n) is 4.72. The minimum Gasteiger partial charge on any atom is -0.341 e. The summed E-state index contributed by atoms with van der Waals surface area (Å²) in [5.41, 5.74) is 0. The molecule has 1 rings (SSSR count). The lowest BCUT2D eigenvalue weighted by Gasteiger charge is -2.28. The molecule has 0 saturated carbocycles. The van der Waals surface area contributed by atoms with Gasteiger partial charge in [-0.3, -0.25) is 9.48 Å². The molecule has 18 heavy (non-hydrogen) atoms. The zero-order valence-electron chi connectivity index (χ0n) is 12.0. The Morgan fingerprint density at radius 3 is 2.44 bits per heavy atom. The summed E-state index contributed by atoms with van der Waals surface area (Å²) in [4.78, 5) is 14.4. The van der Waals surface area contributed by atoms with E-state index in [0.717, 1.165) is 25.9 Å². The molecule has 4 nitrogen and oxygen atoms in total. The van der Waals surface area contributed by atoms with Crippen LogP contribution in [0.5, 0.6) is 0 Å². The summed E-state index contributed by atoms with van der Waals surface area (Å²) >= 11 is 0. The van der Waals surface area contributed by atoms with E-state index in [9.17, 15) is 4.79 Å². The van der Waals surface area contributed by atoms with Crippen molar-refractivity contribution in [2.24, 2.45) is 5.92 Å². The van der Waals surface area contributed by atoms with Gasteiger partial charge in [-0.2, -0.15) is 5.10 Å². The number of hydrogen-bond donors (Lipinski definition) is 0. The number of nitrogens with zero attached hydrogens (tertiary/aromatic N) is 3. The van der Waals surface area contributed by atoms with Crippen LogP contribution >= 0.6 is 0 Å². The molecule has 1 aromatic heterocycles. The molecule has 0 aliphatic carbocycles. The maximum absolute atomic E-state index is 12.4. The third-order valence-electron chi connectivity index (χ3n) is 3.61. The van der Waals surface area contributed by atoms with Crippen LogP contribution in [0.3, 0.4) is 0 Å². The van der Waals surface area contributed by atoms with Gasteiger partial charge >= 0.3 is 0 Å². The molecule has 102 valence electrons. The van der Waals surface area contributed by atoms with E-state index in [-0.39, 0.29) is 11.9 Å². The van der Waals surface area contributed by atoms with Crippen LogP contribution in [0.25, 0.3) is 0 Å². The SMILES string of the molecule is CCC(CC)CN(CC)C(=O)C(C)n1cccn1. The summed E-state index contributed by atoms with van der Waals surface area (Å²) in [6, 6.07) is 1.63. The zero-order valence-corrected chi connectivity index (χ0v) is 12.0. The predicted octanol–water partition coefficient (Wildman–Crippen LogP) is 2.73. The fourth-order valence-corrected chi connectivity index (χ4v) is 2.12. The van der Waals surface area contributed by atoms with Crippen LogP contribution in [0.4, 0.5) is 0 Å². The fourth-order valence-electron chi connectivity index (χ4n) is 2.12. The Hall–Kier alpha value is -1.32. The van der Waals surface area contributed by atoms with Crippen molar-refractivity contribution in [3.05, 3.63) is 18.5 Å². The average Bonchev–Trinajstić information content (AvgIpc) is 2.92. The Balaban J connectivity index is 2.67. The Morgan fingerprint density at radius 2 is 2.00 bits per heavy atom. The van der Waals surface area contributed by atoms with Gasteiger partial charge in [0.25, 0.3) is 0 Å². The monoisotopic (exact) mass is 251 g/mol. The Morgan fingerprint density at radius 1 is 1.33 bits per heavy atom. The minimum atomic E-state index is -0.214. The summed E-state index contributed by atoms with van der Waals surface area (Å²) in [6.45, 7) is 9.93. The first kappa shape index (κ1) is 14.7. The quantitative estimate of drug-likeness (QED) is 0.747. The van der Waals surface area contributed by atoms with Crippen molar-refractivity contribution in [3.8, 4) is 0 Å². The van der Waals surface area contributed by atoms with E-state index in [2.05, 4.69) is 18.9 Å². The summed E-state index contributed by atoms with van der Waals surface area (Å²) in [7, 11) is 0. The normalized spacial score (nSPS) is 12.7. The molecule has 0 spiro atoms. The maximum Gasteiger partial charge on any atom is 0.247 e. The lowest BCUT2D eigenvalue weighted by Crippen LogP contribution is -2.39. The van der Waals surface area contributed by atoms with E-state index in [0.29, 0.717) is 5.92 Å². The highest BCUT2D eigenvalue weighted by Crippen LogP contribution is 2.14. The second kappa shape index (κ2) is 7.19. The number of carbonyl (C=O) groups is 1. The molecule has 0 aromatic carbocycles. The maximum atomic E-state index is 12.4. The summed E-state index contributed by atoms with van der Waals surface area (Å²) < 4.78 is 1.72. The molecule has 1 aromatic rings. The first-order valence-electron chi connectivity index (χ1n) is 6.91. The first-order valence-corrected chi connectivity index (χ1v) is 6.91. The molecule has 1 unspecified atom stereocenters. The molecule has 4 heteroatoms. The minimum absolute atomic E-state index is 0.160. The van der Waals surface area contributed by atoms with Gasteiger partial charge in [-0.1, -0.05) is 26.7 Å². The molecule has 0 aliphatic rings. The van der Waals surface area contributed by atoms with Gasteiger partial charge in [-0.25, -0.2) is 0 Å². The molecule has 1 amide bonds. The van der Waals surface area contributed by atoms with E-state index < -0.39 is 0 Å². The summed E-state index contributed by atoms with van der Waals surface area (Å²) in [5, 5.41) is 4.14. The number of rotatable bonds is 7. The smallest absolute Gasteiger partial charge is 0.247 e. The lowest BCUT2D eigenvalue weighted by molar-refractivity contribution is -0.135. The van der Waals surface area contributed by atoms with E-state index in [4.69, 9.17) is 0 Å². The van der Waals surface area contributed by atoms with Gasteiger partial charge < -0.3 is 4.90 Å². The van der Waals surface area contributed by atoms with Crippen molar-refractivity contribution in [1.82, 2.24) is 14.7 Å². The van der Waals surface area contributed by atoms with Gasteiger partial charge in [0.1, 0.15) is 6.04 Å². The molecule has 0 fully saturated rings. The van der Waals surface area contributed by atoms with Crippen molar-refractivity contribution in [2.45, 2.75) is 46.6 Å². The predicted molar refractivity (Wildman–Crippen MR) is 73.3 cm³/mol. The van der Waals surface area contributed by atoms with Crippen molar-refractivity contribution in [1.29, 1.82) is 0 Å². The number of hydrogen-bond acceptors (Lipinski definition) is 2. The highest BCUT2D eigenvalue weighted by molar-refractivity contribution is 5.79. The van der Waals surface area contributed by atoms with Crippen molar-refractivity contribution in [3.63, 3.8) is 0 Å². The second-order valence-corrected chi connectivity index (χ2v) is 4.72. The van der Waals surface area contributed by atoms with E-state index in [1.807, 2.05) is 31.0 Å². The van der Waals surface area contributed by atoms with Crippen LogP contribution in [0.15, 0.2) is 18.5 Å². The molecular formula is C14H25N3O. The first-order chi connectivity index (χ1) is 8.63. The summed E-state index contributed by atoms with van der Waals surface area (Å²) in [6.07, 6.45) is 5.79. The largest absolute Gasteiger partial charge is 0.341 e. The third kappa shape index (κ3) is 3.59. The molecular weight excluding hydrogens is 226 g/mol. The van der Waals surface area contributed by atoms with Crippen LogP contribution < -0.4 is 0 Å². The molecule has 0 radical (unpaired) electrons. The number of likely N-dealkylation sites (N-methyl/N-ethyl adjacent to an activating group) is 1. The van der Waals surface area contributed by atoms with Gasteiger partial charge in [0.05, 0.1) is 0 Å². The van der Waals surface area contributed by atoms with Crippen LogP contribution in [0, 0.1) is 5.92 Å². The molecule has 0 saturated heterocycles.